The van der Waals surface area contributed by atoms with E-state index in [-0.39, 0.29) is 34.8 Å². The predicted octanol–water partition coefficient (Wildman–Crippen LogP) is 4.45. The Bertz CT molecular complexity index is 1800. The number of hydrogen-bond acceptors (Lipinski definition) is 9. The molecule has 1 aliphatic carbocycles. The number of ether oxygens (including phenoxy) is 4. The quantitative estimate of drug-likeness (QED) is 0.194. The monoisotopic (exact) mass is 715 g/mol. The molecular formula is C32H28F7N3O8. The van der Waals surface area contributed by atoms with Gasteiger partial charge in [0, 0.05) is 23.6 Å². The molecule has 50 heavy (non-hydrogen) atoms. The minimum absolute atomic E-state index is 0.0475. The summed E-state index contributed by atoms with van der Waals surface area (Å²) in [5.41, 5.74) is -11.3. The second-order valence-corrected chi connectivity index (χ2v) is 11.5. The normalized spacial score (nSPS) is 18.3. The summed E-state index contributed by atoms with van der Waals surface area (Å²) in [7, 11) is 1.28. The van der Waals surface area contributed by atoms with Gasteiger partial charge >= 0.3 is 18.3 Å². The number of hydrogen-bond donors (Lipinski definition) is 3. The Hall–Kier alpha value is -5.13. The highest BCUT2D eigenvalue weighted by atomic mass is 19.4. The van der Waals surface area contributed by atoms with Gasteiger partial charge in [-0.25, -0.2) is 9.37 Å². The largest absolute Gasteiger partial charge is 0.493 e. The molecule has 1 aliphatic heterocycles. The second kappa shape index (κ2) is 13.3. The lowest BCUT2D eigenvalue weighted by atomic mass is 9.86. The highest BCUT2D eigenvalue weighted by Gasteiger charge is 2.64. The molecule has 2 aliphatic rings. The first kappa shape index (κ1) is 36.2. The molecule has 0 bridgehead atoms. The van der Waals surface area contributed by atoms with Crippen molar-refractivity contribution >= 4 is 17.8 Å². The van der Waals surface area contributed by atoms with Crippen LogP contribution in [-0.2, 0) is 25.5 Å². The van der Waals surface area contributed by atoms with Crippen LogP contribution in [0.15, 0.2) is 48.5 Å². The molecule has 1 aromatic heterocycles. The molecule has 0 spiro atoms. The number of nitrogens with zero attached hydrogens (tertiary/aromatic N) is 1. The van der Waals surface area contributed by atoms with Crippen LogP contribution in [0.25, 0.3) is 11.3 Å². The summed E-state index contributed by atoms with van der Waals surface area (Å²) in [4.78, 5) is 40.6. The molecule has 0 saturated heterocycles. The first-order valence-corrected chi connectivity index (χ1v) is 14.8. The highest BCUT2D eigenvalue weighted by molar-refractivity contribution is 5.95. The number of nitrogens with one attached hydrogen (secondary N) is 2. The number of methoxy groups -OCH3 is 1. The van der Waals surface area contributed by atoms with Crippen LogP contribution in [0, 0.1) is 5.82 Å². The Kier molecular flexibility index (Phi) is 9.62. The van der Waals surface area contributed by atoms with Crippen molar-refractivity contribution in [2.24, 2.45) is 0 Å². The molecule has 1 fully saturated rings. The van der Waals surface area contributed by atoms with E-state index in [0.29, 0.717) is 0 Å². The number of aliphatic hydroxyl groups is 1. The number of aromatic nitrogens is 1. The first-order valence-electron chi connectivity index (χ1n) is 14.8. The fraction of sp³-hybridized carbons (Fsp3) is 0.375. The molecule has 2 amide bonds. The van der Waals surface area contributed by atoms with E-state index in [9.17, 15) is 50.2 Å². The van der Waals surface area contributed by atoms with E-state index >= 15 is 0 Å². The van der Waals surface area contributed by atoms with Crippen LogP contribution in [0.1, 0.15) is 41.4 Å². The van der Waals surface area contributed by atoms with Crippen molar-refractivity contribution in [1.82, 2.24) is 15.6 Å². The predicted molar refractivity (Wildman–Crippen MR) is 157 cm³/mol. The standard InChI is InChI=1S/C32H28F7N3O8/c1-16(43)48-13-25(44)42-29(31(34,35)36)15-49-27-21(29)12-24(41-26(27)17-3-6-19(33)7-4-17)30(46,32(37,38)39)14-40-28(45)18-5-10-22(23(11-18)47-2)50-20-8-9-20/h3-7,10-12,20,46H,8-9,13-15H2,1-2H3,(H,40,45)(H,42,44)/t29-,30?/m0/s1. The molecule has 11 nitrogen and oxygen atoms in total. The third-order valence-electron chi connectivity index (χ3n) is 7.87. The maximum absolute atomic E-state index is 14.9. The number of pyridine rings is 1. The smallest absolute Gasteiger partial charge is 0.424 e. The second-order valence-electron chi connectivity index (χ2n) is 11.5. The molecule has 3 aromatic rings. The number of benzene rings is 2. The summed E-state index contributed by atoms with van der Waals surface area (Å²) >= 11 is 0. The summed E-state index contributed by atoms with van der Waals surface area (Å²) in [6.45, 7) is -3.34. The van der Waals surface area contributed by atoms with E-state index in [1.807, 2.05) is 5.32 Å². The number of halogens is 7. The molecule has 18 heteroatoms. The van der Waals surface area contributed by atoms with Crippen LogP contribution in [0.4, 0.5) is 30.7 Å². The van der Waals surface area contributed by atoms with Gasteiger partial charge in [-0.05, 0) is 61.4 Å². The average Bonchev–Trinajstić information content (AvgIpc) is 3.79. The van der Waals surface area contributed by atoms with Crippen LogP contribution in [0.3, 0.4) is 0 Å². The van der Waals surface area contributed by atoms with Crippen molar-refractivity contribution < 1.29 is 69.2 Å². The van der Waals surface area contributed by atoms with E-state index in [4.69, 9.17) is 14.2 Å². The Morgan fingerprint density at radius 1 is 1.02 bits per heavy atom. The lowest BCUT2D eigenvalue weighted by molar-refractivity contribution is -0.265. The SMILES string of the molecule is COc1cc(C(=O)NCC(O)(c2cc3c(c(-c4ccc(F)cc4)n2)OC[C@@]3(NC(=O)COC(C)=O)C(F)(F)F)C(F)(F)F)ccc1OC1CC1. The van der Waals surface area contributed by atoms with Crippen LogP contribution in [0.2, 0.25) is 0 Å². The van der Waals surface area contributed by atoms with Gasteiger partial charge in [-0.2, -0.15) is 26.3 Å². The van der Waals surface area contributed by atoms with E-state index in [0.717, 1.165) is 44.0 Å². The molecule has 0 radical (unpaired) electrons. The number of rotatable bonds is 11. The lowest BCUT2D eigenvalue weighted by Crippen LogP contribution is -2.58. The number of carbonyl (C=O) groups excluding carboxylic acids is 3. The number of fused-ring (bicyclic) bond motifs is 1. The molecule has 2 atom stereocenters. The lowest BCUT2D eigenvalue weighted by Gasteiger charge is -2.34. The summed E-state index contributed by atoms with van der Waals surface area (Å²) in [6.07, 6.45) is -9.58. The Balaban J connectivity index is 1.59. The van der Waals surface area contributed by atoms with Gasteiger partial charge < -0.3 is 34.7 Å². The first-order chi connectivity index (χ1) is 23.4. The number of alkyl halides is 6. The summed E-state index contributed by atoms with van der Waals surface area (Å²) in [5.74, 6) is -4.79. The van der Waals surface area contributed by atoms with Gasteiger partial charge in [0.2, 0.25) is 5.60 Å². The van der Waals surface area contributed by atoms with Gasteiger partial charge in [-0.15, -0.1) is 0 Å². The third kappa shape index (κ3) is 7.10. The van der Waals surface area contributed by atoms with E-state index in [1.54, 1.807) is 5.32 Å². The Morgan fingerprint density at radius 3 is 2.28 bits per heavy atom. The van der Waals surface area contributed by atoms with Gasteiger partial charge in [0.05, 0.1) is 25.5 Å². The van der Waals surface area contributed by atoms with Crippen LogP contribution >= 0.6 is 0 Å². The van der Waals surface area contributed by atoms with Crippen molar-refractivity contribution in [3.8, 4) is 28.5 Å². The Morgan fingerprint density at radius 2 is 1.70 bits per heavy atom. The molecule has 2 aromatic carbocycles. The molecular weight excluding hydrogens is 687 g/mol. The van der Waals surface area contributed by atoms with E-state index in [1.165, 1.54) is 25.3 Å². The van der Waals surface area contributed by atoms with E-state index < -0.39 is 89.6 Å². The van der Waals surface area contributed by atoms with Crippen LogP contribution < -0.4 is 24.8 Å². The minimum Gasteiger partial charge on any atom is -0.493 e. The topological polar surface area (TPSA) is 145 Å². The van der Waals surface area contributed by atoms with Crippen molar-refractivity contribution in [2.75, 3.05) is 26.9 Å². The highest BCUT2D eigenvalue weighted by Crippen LogP contribution is 2.52. The zero-order valence-electron chi connectivity index (χ0n) is 26.1. The summed E-state index contributed by atoms with van der Waals surface area (Å²) < 4.78 is 123. The molecule has 1 saturated carbocycles. The summed E-state index contributed by atoms with van der Waals surface area (Å²) in [6, 6.07) is 7.74. The third-order valence-corrected chi connectivity index (χ3v) is 7.87. The zero-order chi connectivity index (χ0) is 36.6. The van der Waals surface area contributed by atoms with Gasteiger partial charge in [-0.3, -0.25) is 14.4 Å². The minimum atomic E-state index is -5.68. The molecule has 1 unspecified atom stereocenters. The van der Waals surface area contributed by atoms with Crippen LogP contribution in [-0.4, -0.2) is 73.2 Å². The zero-order valence-corrected chi connectivity index (χ0v) is 26.1. The van der Waals surface area contributed by atoms with Crippen molar-refractivity contribution in [3.05, 3.63) is 71.2 Å². The fourth-order valence-electron chi connectivity index (χ4n) is 5.04. The number of amides is 2. The van der Waals surface area contributed by atoms with Gasteiger partial charge in [0.25, 0.3) is 11.8 Å². The molecule has 2 heterocycles. The fourth-order valence-corrected chi connectivity index (χ4v) is 5.04. The van der Waals surface area contributed by atoms with Crippen LogP contribution in [0.5, 0.6) is 17.2 Å². The number of carbonyl (C=O) groups is 3. The maximum atomic E-state index is 14.9. The van der Waals surface area contributed by atoms with Gasteiger partial charge in [-0.1, -0.05) is 0 Å². The number of esters is 1. The van der Waals surface area contributed by atoms with Crippen molar-refractivity contribution in [3.63, 3.8) is 0 Å². The van der Waals surface area contributed by atoms with Crippen molar-refractivity contribution in [2.45, 2.75) is 49.4 Å². The average molecular weight is 716 g/mol. The van der Waals surface area contributed by atoms with E-state index in [2.05, 4.69) is 9.72 Å². The molecule has 3 N–H and O–H groups in total. The van der Waals surface area contributed by atoms with Crippen molar-refractivity contribution in [1.29, 1.82) is 0 Å². The maximum Gasteiger partial charge on any atom is 0.424 e. The Labute approximate surface area is 278 Å². The molecule has 268 valence electrons. The van der Waals surface area contributed by atoms with Gasteiger partial charge in [0.1, 0.15) is 18.1 Å². The van der Waals surface area contributed by atoms with Gasteiger partial charge in [0.15, 0.2) is 29.4 Å². The summed E-state index contributed by atoms with van der Waals surface area (Å²) in [5, 5.41) is 14.8. The molecule has 5 rings (SSSR count).